The Hall–Kier alpha value is -2.32. The van der Waals surface area contributed by atoms with Crippen molar-refractivity contribution in [2.75, 3.05) is 34.0 Å². The van der Waals surface area contributed by atoms with Crippen LogP contribution >= 0.6 is 0 Å². The number of carbonyl (C=O) groups excluding carboxylic acids is 2. The van der Waals surface area contributed by atoms with Crippen molar-refractivity contribution in [1.82, 2.24) is 10.6 Å². The van der Waals surface area contributed by atoms with E-state index in [1.807, 2.05) is 0 Å². The number of carbonyl (C=O) groups is 2. The van der Waals surface area contributed by atoms with Crippen molar-refractivity contribution >= 4 is 11.8 Å². The number of ether oxygens (including phenoxy) is 3. The van der Waals surface area contributed by atoms with Crippen molar-refractivity contribution in [2.24, 2.45) is 5.41 Å². The van der Waals surface area contributed by atoms with Gasteiger partial charge >= 0.3 is 0 Å². The molecule has 1 aromatic rings. The maximum atomic E-state index is 12.7. The van der Waals surface area contributed by atoms with Crippen LogP contribution in [0, 0.1) is 5.41 Å². The first kappa shape index (κ1) is 19.4. The molecule has 27 heavy (non-hydrogen) atoms. The molecule has 0 aromatic heterocycles. The Bertz CT molecular complexity index is 698. The molecule has 1 heterocycles. The molecule has 2 atom stereocenters. The van der Waals surface area contributed by atoms with Crippen LogP contribution in [0.1, 0.15) is 30.9 Å². The first-order valence-corrected chi connectivity index (χ1v) is 9.03. The van der Waals surface area contributed by atoms with E-state index >= 15 is 0 Å². The molecule has 1 aliphatic carbocycles. The van der Waals surface area contributed by atoms with Crippen molar-refractivity contribution in [3.05, 3.63) is 23.8 Å². The third kappa shape index (κ3) is 4.01. The molecule has 8 nitrogen and oxygen atoms in total. The van der Waals surface area contributed by atoms with Gasteiger partial charge in [-0.25, -0.2) is 0 Å². The Labute approximate surface area is 158 Å². The van der Waals surface area contributed by atoms with Gasteiger partial charge in [-0.15, -0.1) is 0 Å². The number of methoxy groups -OCH3 is 2. The molecule has 148 valence electrons. The highest BCUT2D eigenvalue weighted by atomic mass is 16.5. The molecule has 2 fully saturated rings. The summed E-state index contributed by atoms with van der Waals surface area (Å²) in [5.41, 5.74) is 0.452. The molecule has 2 aliphatic rings. The predicted molar refractivity (Wildman–Crippen MR) is 96.5 cm³/mol. The fourth-order valence-corrected chi connectivity index (χ4v) is 3.53. The molecule has 1 saturated heterocycles. The summed E-state index contributed by atoms with van der Waals surface area (Å²) in [5, 5.41) is 15.3. The summed E-state index contributed by atoms with van der Waals surface area (Å²) in [6, 6.07) is 4.57. The zero-order valence-electron chi connectivity index (χ0n) is 15.6. The molecule has 1 saturated carbocycles. The third-order valence-electron chi connectivity index (χ3n) is 5.43. The van der Waals surface area contributed by atoms with Gasteiger partial charge in [0.05, 0.1) is 26.9 Å². The van der Waals surface area contributed by atoms with Crippen molar-refractivity contribution in [1.29, 1.82) is 0 Å². The lowest BCUT2D eigenvalue weighted by molar-refractivity contribution is -0.148. The summed E-state index contributed by atoms with van der Waals surface area (Å²) >= 11 is 0. The second-order valence-electron chi connectivity index (χ2n) is 7.12. The van der Waals surface area contributed by atoms with E-state index in [9.17, 15) is 14.7 Å². The second kappa shape index (κ2) is 8.14. The quantitative estimate of drug-likeness (QED) is 0.639. The number of benzene rings is 1. The molecule has 0 radical (unpaired) electrons. The van der Waals surface area contributed by atoms with Gasteiger partial charge in [-0.1, -0.05) is 12.5 Å². The predicted octanol–water partition coefficient (Wildman–Crippen LogP) is 0.539. The lowest BCUT2D eigenvalue weighted by Crippen LogP contribution is -2.54. The normalized spacial score (nSPS) is 23.7. The third-order valence-corrected chi connectivity index (χ3v) is 5.43. The molecule has 1 aromatic carbocycles. The number of nitrogens with one attached hydrogen (secondary N) is 2. The van der Waals surface area contributed by atoms with Crippen molar-refractivity contribution in [2.45, 2.75) is 31.4 Å². The molecule has 2 amide bonds. The lowest BCUT2D eigenvalue weighted by Gasteiger charge is -2.41. The minimum atomic E-state index is -0.864. The lowest BCUT2D eigenvalue weighted by atomic mass is 9.69. The summed E-state index contributed by atoms with van der Waals surface area (Å²) in [6.07, 6.45) is 1.98. The van der Waals surface area contributed by atoms with Gasteiger partial charge in [0, 0.05) is 12.0 Å². The molecule has 3 N–H and O–H groups in total. The van der Waals surface area contributed by atoms with Gasteiger partial charge in [-0.3, -0.25) is 9.59 Å². The van der Waals surface area contributed by atoms with Crippen LogP contribution in [0.2, 0.25) is 0 Å². The van der Waals surface area contributed by atoms with Gasteiger partial charge in [-0.05, 0) is 30.5 Å². The van der Waals surface area contributed by atoms with Gasteiger partial charge in [-0.2, -0.15) is 0 Å². The fourth-order valence-electron chi connectivity index (χ4n) is 3.53. The van der Waals surface area contributed by atoms with Crippen molar-refractivity contribution < 1.29 is 28.9 Å². The highest BCUT2D eigenvalue weighted by Crippen LogP contribution is 2.39. The Morgan fingerprint density at radius 2 is 2.07 bits per heavy atom. The van der Waals surface area contributed by atoms with Gasteiger partial charge in [0.2, 0.25) is 5.91 Å². The number of amides is 2. The number of hydrogen-bond donors (Lipinski definition) is 3. The van der Waals surface area contributed by atoms with E-state index in [1.165, 1.54) is 14.2 Å². The standard InChI is InChI=1S/C19H26N2O6/c1-25-13-5-4-12(8-14(13)26-2)16-17(27-9-15(23)21-16)18(24)20-10-19(11-22)6-3-7-19/h4-5,8,16-17,22H,3,6-7,9-11H2,1-2H3,(H,20,24)(H,21,23)/t16-,17+/m1/s1. The average molecular weight is 378 g/mol. The fraction of sp³-hybridized carbons (Fsp3) is 0.579. The van der Waals surface area contributed by atoms with Crippen LogP contribution in [0.25, 0.3) is 0 Å². The highest BCUT2D eigenvalue weighted by molar-refractivity contribution is 5.86. The Morgan fingerprint density at radius 3 is 2.67 bits per heavy atom. The first-order valence-electron chi connectivity index (χ1n) is 9.03. The van der Waals surface area contributed by atoms with Crippen LogP contribution in [0.15, 0.2) is 18.2 Å². The van der Waals surface area contributed by atoms with Crippen molar-refractivity contribution in [3.63, 3.8) is 0 Å². The van der Waals surface area contributed by atoms with Crippen molar-refractivity contribution in [3.8, 4) is 11.5 Å². The van der Waals surface area contributed by atoms with Crippen LogP contribution in [0.4, 0.5) is 0 Å². The van der Waals surface area contributed by atoms with Gasteiger partial charge in [0.1, 0.15) is 6.61 Å². The summed E-state index contributed by atoms with van der Waals surface area (Å²) in [7, 11) is 3.06. The topological polar surface area (TPSA) is 106 Å². The molecule has 0 unspecified atom stereocenters. The molecule has 0 spiro atoms. The van der Waals surface area contributed by atoms with Crippen LogP contribution < -0.4 is 20.1 Å². The molecule has 3 rings (SSSR count). The molecule has 1 aliphatic heterocycles. The zero-order valence-corrected chi connectivity index (χ0v) is 15.6. The van der Waals surface area contributed by atoms with Crippen LogP contribution in [-0.2, 0) is 14.3 Å². The zero-order chi connectivity index (χ0) is 19.4. The van der Waals surface area contributed by atoms with E-state index in [0.717, 1.165) is 19.3 Å². The smallest absolute Gasteiger partial charge is 0.251 e. The maximum absolute atomic E-state index is 12.7. The van der Waals surface area contributed by atoms with E-state index in [4.69, 9.17) is 14.2 Å². The number of rotatable bonds is 7. The highest BCUT2D eigenvalue weighted by Gasteiger charge is 2.40. The van der Waals surface area contributed by atoms with Crippen LogP contribution in [0.5, 0.6) is 11.5 Å². The number of aliphatic hydroxyl groups is 1. The van der Waals surface area contributed by atoms with E-state index in [2.05, 4.69) is 10.6 Å². The van der Waals surface area contributed by atoms with E-state index in [1.54, 1.807) is 18.2 Å². The minimum absolute atomic E-state index is 0.0502. The number of hydrogen-bond acceptors (Lipinski definition) is 6. The SMILES string of the molecule is COc1ccc([C@H]2NC(=O)CO[C@@H]2C(=O)NCC2(CO)CCC2)cc1OC. The molecular weight excluding hydrogens is 352 g/mol. The summed E-state index contributed by atoms with van der Waals surface area (Å²) in [5.74, 6) is 0.460. The minimum Gasteiger partial charge on any atom is -0.493 e. The Balaban J connectivity index is 1.76. The van der Waals surface area contributed by atoms with E-state index in [0.29, 0.717) is 23.6 Å². The van der Waals surface area contributed by atoms with E-state index < -0.39 is 12.1 Å². The molecule has 8 heteroatoms. The van der Waals surface area contributed by atoms with Gasteiger partial charge in [0.15, 0.2) is 17.6 Å². The second-order valence-corrected chi connectivity index (χ2v) is 7.12. The Morgan fingerprint density at radius 1 is 1.33 bits per heavy atom. The molecule has 0 bridgehead atoms. The maximum Gasteiger partial charge on any atom is 0.251 e. The summed E-state index contributed by atoms with van der Waals surface area (Å²) < 4.78 is 16.1. The monoisotopic (exact) mass is 378 g/mol. The van der Waals surface area contributed by atoms with Crippen LogP contribution in [-0.4, -0.2) is 57.0 Å². The average Bonchev–Trinajstić information content (AvgIpc) is 2.66. The number of aliphatic hydroxyl groups excluding tert-OH is 1. The van der Waals surface area contributed by atoms with Gasteiger partial charge in [0.25, 0.3) is 5.91 Å². The summed E-state index contributed by atoms with van der Waals surface area (Å²) in [6.45, 7) is 0.274. The molecular formula is C19H26N2O6. The Kier molecular flexibility index (Phi) is 5.86. The van der Waals surface area contributed by atoms with E-state index in [-0.39, 0.29) is 30.4 Å². The van der Waals surface area contributed by atoms with Crippen LogP contribution in [0.3, 0.4) is 0 Å². The summed E-state index contributed by atoms with van der Waals surface area (Å²) in [4.78, 5) is 24.6. The van der Waals surface area contributed by atoms with Gasteiger partial charge < -0.3 is 30.0 Å². The number of morpholine rings is 1. The largest absolute Gasteiger partial charge is 0.493 e. The first-order chi connectivity index (χ1) is 13.0.